The SMILES string of the molecule is CC1CC(C)C(C)N(c2cccc(Br)c2/C(N)=N/O)C1. The fourth-order valence-electron chi connectivity index (χ4n) is 3.09. The zero-order valence-corrected chi connectivity index (χ0v) is 13.8. The number of rotatable bonds is 2. The number of anilines is 1. The van der Waals surface area contributed by atoms with Gasteiger partial charge >= 0.3 is 0 Å². The zero-order chi connectivity index (χ0) is 14.9. The van der Waals surface area contributed by atoms with Crippen molar-refractivity contribution in [2.75, 3.05) is 11.4 Å². The Hall–Kier alpha value is -1.23. The predicted molar refractivity (Wildman–Crippen MR) is 86.4 cm³/mol. The van der Waals surface area contributed by atoms with E-state index in [2.05, 4.69) is 46.8 Å². The number of hydrogen-bond acceptors (Lipinski definition) is 3. The van der Waals surface area contributed by atoms with E-state index in [1.54, 1.807) is 0 Å². The number of nitrogens with two attached hydrogens (primary N) is 1. The van der Waals surface area contributed by atoms with Crippen molar-refractivity contribution < 1.29 is 5.21 Å². The van der Waals surface area contributed by atoms with E-state index in [1.165, 1.54) is 6.42 Å². The van der Waals surface area contributed by atoms with Crippen LogP contribution in [0.2, 0.25) is 0 Å². The van der Waals surface area contributed by atoms with Gasteiger partial charge in [-0.1, -0.05) is 25.1 Å². The van der Waals surface area contributed by atoms with E-state index in [0.29, 0.717) is 17.9 Å². The van der Waals surface area contributed by atoms with Crippen LogP contribution in [0.4, 0.5) is 5.69 Å². The van der Waals surface area contributed by atoms with Gasteiger partial charge in [-0.3, -0.25) is 0 Å². The molecule has 0 aromatic heterocycles. The molecular weight excluding hydrogens is 318 g/mol. The summed E-state index contributed by atoms with van der Waals surface area (Å²) in [4.78, 5) is 2.37. The molecule has 1 saturated heterocycles. The molecule has 0 aliphatic carbocycles. The van der Waals surface area contributed by atoms with E-state index in [-0.39, 0.29) is 5.84 Å². The smallest absolute Gasteiger partial charge is 0.173 e. The standard InChI is InChI=1S/C15H22BrN3O/c1-9-7-10(2)11(3)19(8-9)13-6-4-5-12(16)14(13)15(17)18-20/h4-6,9-11,20H,7-8H2,1-3H3,(H2,17,18). The van der Waals surface area contributed by atoms with E-state index in [1.807, 2.05) is 18.2 Å². The highest BCUT2D eigenvalue weighted by Crippen LogP contribution is 2.35. The Labute approximate surface area is 128 Å². The molecule has 2 rings (SSSR count). The number of nitrogens with zero attached hydrogens (tertiary/aromatic N) is 2. The summed E-state index contributed by atoms with van der Waals surface area (Å²) >= 11 is 3.51. The third-order valence-electron chi connectivity index (χ3n) is 4.26. The molecule has 3 N–H and O–H groups in total. The Morgan fingerprint density at radius 2 is 2.10 bits per heavy atom. The van der Waals surface area contributed by atoms with Gasteiger partial charge in [0, 0.05) is 22.7 Å². The van der Waals surface area contributed by atoms with Gasteiger partial charge in [-0.15, -0.1) is 0 Å². The summed E-state index contributed by atoms with van der Waals surface area (Å²) in [6.07, 6.45) is 1.24. The van der Waals surface area contributed by atoms with Crippen molar-refractivity contribution in [3.05, 3.63) is 28.2 Å². The normalized spacial score (nSPS) is 27.7. The van der Waals surface area contributed by atoms with Crippen LogP contribution in [0.15, 0.2) is 27.8 Å². The predicted octanol–water partition coefficient (Wildman–Crippen LogP) is 3.41. The topological polar surface area (TPSA) is 61.8 Å². The van der Waals surface area contributed by atoms with Gasteiger partial charge < -0.3 is 15.8 Å². The maximum atomic E-state index is 9.03. The Bertz CT molecular complexity index is 518. The highest BCUT2D eigenvalue weighted by Gasteiger charge is 2.31. The molecule has 1 heterocycles. The van der Waals surface area contributed by atoms with Crippen LogP contribution in [0.5, 0.6) is 0 Å². The molecule has 0 spiro atoms. The van der Waals surface area contributed by atoms with Crippen molar-refractivity contribution in [3.8, 4) is 0 Å². The van der Waals surface area contributed by atoms with Crippen molar-refractivity contribution >= 4 is 27.5 Å². The van der Waals surface area contributed by atoms with Gasteiger partial charge in [-0.2, -0.15) is 0 Å². The summed E-state index contributed by atoms with van der Waals surface area (Å²) in [7, 11) is 0. The van der Waals surface area contributed by atoms with E-state index < -0.39 is 0 Å². The highest BCUT2D eigenvalue weighted by atomic mass is 79.9. The van der Waals surface area contributed by atoms with Gasteiger partial charge in [0.05, 0.1) is 5.56 Å². The highest BCUT2D eigenvalue weighted by molar-refractivity contribution is 9.10. The lowest BCUT2D eigenvalue weighted by atomic mass is 9.85. The largest absolute Gasteiger partial charge is 0.409 e. The summed E-state index contributed by atoms with van der Waals surface area (Å²) in [6, 6.07) is 6.38. The first-order chi connectivity index (χ1) is 9.45. The number of hydrogen-bond donors (Lipinski definition) is 2. The molecule has 1 aromatic rings. The minimum atomic E-state index is 0.144. The first-order valence-corrected chi connectivity index (χ1v) is 7.78. The van der Waals surface area contributed by atoms with Gasteiger partial charge in [0.25, 0.3) is 0 Å². The summed E-state index contributed by atoms with van der Waals surface area (Å²) in [6.45, 7) is 7.80. The lowest BCUT2D eigenvalue weighted by Crippen LogP contribution is -2.46. The van der Waals surface area contributed by atoms with Crippen LogP contribution in [0.1, 0.15) is 32.8 Å². The minimum absolute atomic E-state index is 0.144. The maximum Gasteiger partial charge on any atom is 0.173 e. The average molecular weight is 340 g/mol. The van der Waals surface area contributed by atoms with Crippen LogP contribution < -0.4 is 10.6 Å². The molecule has 0 amide bonds. The first-order valence-electron chi connectivity index (χ1n) is 6.98. The third kappa shape index (κ3) is 2.77. The Morgan fingerprint density at radius 1 is 1.40 bits per heavy atom. The number of halogens is 1. The van der Waals surface area contributed by atoms with E-state index in [0.717, 1.165) is 22.3 Å². The molecule has 0 bridgehead atoms. The molecule has 110 valence electrons. The van der Waals surface area contributed by atoms with Crippen molar-refractivity contribution in [3.63, 3.8) is 0 Å². The van der Waals surface area contributed by atoms with Crippen molar-refractivity contribution in [2.24, 2.45) is 22.7 Å². The van der Waals surface area contributed by atoms with Crippen LogP contribution in [0, 0.1) is 11.8 Å². The van der Waals surface area contributed by atoms with Gasteiger partial charge in [0.2, 0.25) is 0 Å². The second-order valence-corrected chi connectivity index (χ2v) is 6.68. The van der Waals surface area contributed by atoms with E-state index in [4.69, 9.17) is 10.9 Å². The maximum absolute atomic E-state index is 9.03. The molecule has 1 aliphatic rings. The quantitative estimate of drug-likeness (QED) is 0.375. The Kier molecular flexibility index (Phi) is 4.58. The molecular formula is C15H22BrN3O. The van der Waals surface area contributed by atoms with Gasteiger partial charge in [-0.05, 0) is 53.2 Å². The monoisotopic (exact) mass is 339 g/mol. The fraction of sp³-hybridized carbons (Fsp3) is 0.533. The zero-order valence-electron chi connectivity index (χ0n) is 12.2. The first kappa shape index (κ1) is 15.2. The number of amidine groups is 1. The van der Waals surface area contributed by atoms with Gasteiger partial charge in [0.15, 0.2) is 5.84 Å². The van der Waals surface area contributed by atoms with Crippen LogP contribution in [-0.2, 0) is 0 Å². The second kappa shape index (κ2) is 6.04. The van der Waals surface area contributed by atoms with Crippen molar-refractivity contribution in [2.45, 2.75) is 33.2 Å². The van der Waals surface area contributed by atoms with Gasteiger partial charge in [-0.25, -0.2) is 0 Å². The molecule has 5 heteroatoms. The molecule has 3 atom stereocenters. The van der Waals surface area contributed by atoms with E-state index in [9.17, 15) is 0 Å². The van der Waals surface area contributed by atoms with Crippen LogP contribution in [-0.4, -0.2) is 23.6 Å². The lowest BCUT2D eigenvalue weighted by Gasteiger charge is -2.43. The van der Waals surface area contributed by atoms with Crippen molar-refractivity contribution in [1.29, 1.82) is 0 Å². The number of piperidine rings is 1. The number of benzene rings is 1. The van der Waals surface area contributed by atoms with Crippen molar-refractivity contribution in [1.82, 2.24) is 0 Å². The van der Waals surface area contributed by atoms with Gasteiger partial charge in [0.1, 0.15) is 0 Å². The molecule has 0 saturated carbocycles. The Balaban J connectivity index is 2.49. The molecule has 0 radical (unpaired) electrons. The molecule has 1 aromatic carbocycles. The summed E-state index contributed by atoms with van der Waals surface area (Å²) in [5, 5.41) is 12.2. The molecule has 1 aliphatic heterocycles. The third-order valence-corrected chi connectivity index (χ3v) is 4.92. The van der Waals surface area contributed by atoms with Crippen LogP contribution in [0.3, 0.4) is 0 Å². The average Bonchev–Trinajstić information content (AvgIpc) is 2.41. The second-order valence-electron chi connectivity index (χ2n) is 5.83. The molecule has 1 fully saturated rings. The lowest BCUT2D eigenvalue weighted by molar-refractivity contribution is 0.297. The molecule has 20 heavy (non-hydrogen) atoms. The molecule has 3 unspecified atom stereocenters. The fourth-order valence-corrected chi connectivity index (χ4v) is 3.65. The van der Waals surface area contributed by atoms with Crippen LogP contribution in [0.25, 0.3) is 0 Å². The summed E-state index contributed by atoms with van der Waals surface area (Å²) in [5.41, 5.74) is 7.66. The van der Waals surface area contributed by atoms with Crippen LogP contribution >= 0.6 is 15.9 Å². The summed E-state index contributed by atoms with van der Waals surface area (Å²) in [5.74, 6) is 1.41. The Morgan fingerprint density at radius 3 is 2.75 bits per heavy atom. The van der Waals surface area contributed by atoms with E-state index >= 15 is 0 Å². The minimum Gasteiger partial charge on any atom is -0.409 e. The summed E-state index contributed by atoms with van der Waals surface area (Å²) < 4.78 is 0.850. The number of oxime groups is 1. The molecule has 4 nitrogen and oxygen atoms in total.